The number of para-hydroxylation sites is 1. The molecule has 1 N–H and O–H groups in total. The van der Waals surface area contributed by atoms with Crippen LogP contribution in [0.5, 0.6) is 11.5 Å². The molecule has 0 radical (unpaired) electrons. The predicted octanol–water partition coefficient (Wildman–Crippen LogP) is 4.35. The van der Waals surface area contributed by atoms with E-state index in [4.69, 9.17) is 21.1 Å². The lowest BCUT2D eigenvalue weighted by molar-refractivity contribution is -0.113. The maximum absolute atomic E-state index is 12.2. The van der Waals surface area contributed by atoms with Gasteiger partial charge in [0.25, 0.3) is 0 Å². The van der Waals surface area contributed by atoms with Crippen LogP contribution in [0.4, 0.5) is 5.69 Å². The van der Waals surface area contributed by atoms with Crippen LogP contribution in [-0.2, 0) is 11.8 Å². The first-order valence-corrected chi connectivity index (χ1v) is 10.2. The second kappa shape index (κ2) is 9.67. The highest BCUT2D eigenvalue weighted by Crippen LogP contribution is 2.26. The Labute approximate surface area is 178 Å². The minimum Gasteiger partial charge on any atom is -0.497 e. The van der Waals surface area contributed by atoms with Crippen molar-refractivity contribution in [3.8, 4) is 11.5 Å². The van der Waals surface area contributed by atoms with Crippen LogP contribution < -0.4 is 14.8 Å². The third-order valence-electron chi connectivity index (χ3n) is 4.07. The normalized spacial score (nSPS) is 11.7. The van der Waals surface area contributed by atoms with Gasteiger partial charge in [-0.1, -0.05) is 41.6 Å². The molecule has 0 aliphatic rings. The zero-order valence-electron chi connectivity index (χ0n) is 16.3. The number of ether oxygens (including phenoxy) is 2. The van der Waals surface area contributed by atoms with Gasteiger partial charge in [0, 0.05) is 13.1 Å². The molecule has 2 aromatic carbocycles. The number of halogens is 1. The lowest BCUT2D eigenvalue weighted by Crippen LogP contribution is -2.15. The van der Waals surface area contributed by atoms with Gasteiger partial charge in [-0.2, -0.15) is 0 Å². The molecule has 3 rings (SSSR count). The Hall–Kier alpha value is -2.71. The van der Waals surface area contributed by atoms with Gasteiger partial charge >= 0.3 is 0 Å². The van der Waals surface area contributed by atoms with E-state index in [1.165, 1.54) is 11.8 Å². The van der Waals surface area contributed by atoms with E-state index in [9.17, 15) is 4.79 Å². The molecule has 29 heavy (non-hydrogen) atoms. The Balaban J connectivity index is 1.59. The molecule has 7 nitrogen and oxygen atoms in total. The third-order valence-corrected chi connectivity index (χ3v) is 5.42. The van der Waals surface area contributed by atoms with E-state index in [2.05, 4.69) is 15.5 Å². The fourth-order valence-electron chi connectivity index (χ4n) is 2.62. The number of anilines is 1. The Morgan fingerprint density at radius 1 is 1.21 bits per heavy atom. The zero-order chi connectivity index (χ0) is 20.8. The van der Waals surface area contributed by atoms with Gasteiger partial charge in [-0.15, -0.1) is 10.2 Å². The Morgan fingerprint density at radius 2 is 1.97 bits per heavy atom. The Bertz CT molecular complexity index is 995. The van der Waals surface area contributed by atoms with Crippen LogP contribution in [-0.4, -0.2) is 33.5 Å². The zero-order valence-corrected chi connectivity index (χ0v) is 17.8. The first-order chi connectivity index (χ1) is 14.0. The molecule has 0 fully saturated rings. The number of rotatable bonds is 8. The number of hydrogen-bond donors (Lipinski definition) is 1. The molecule has 0 saturated carbocycles. The molecule has 9 heteroatoms. The van der Waals surface area contributed by atoms with Gasteiger partial charge in [-0.25, -0.2) is 0 Å². The van der Waals surface area contributed by atoms with Gasteiger partial charge in [0.05, 0.1) is 23.6 Å². The summed E-state index contributed by atoms with van der Waals surface area (Å²) in [7, 11) is 3.45. The van der Waals surface area contributed by atoms with Crippen molar-refractivity contribution in [2.45, 2.75) is 18.2 Å². The van der Waals surface area contributed by atoms with E-state index in [0.717, 1.165) is 0 Å². The third kappa shape index (κ3) is 5.42. The van der Waals surface area contributed by atoms with Gasteiger partial charge < -0.3 is 19.4 Å². The number of aromatic nitrogens is 3. The average molecular weight is 433 g/mol. The fraction of sp³-hybridized carbons (Fsp3) is 0.250. The maximum Gasteiger partial charge on any atom is 0.234 e. The van der Waals surface area contributed by atoms with E-state index in [0.29, 0.717) is 33.2 Å². The lowest BCUT2D eigenvalue weighted by atomic mass is 10.3. The van der Waals surface area contributed by atoms with Crippen molar-refractivity contribution in [3.05, 3.63) is 59.4 Å². The summed E-state index contributed by atoms with van der Waals surface area (Å²) in [5.74, 6) is 2.05. The van der Waals surface area contributed by atoms with E-state index < -0.39 is 0 Å². The lowest BCUT2D eigenvalue weighted by Gasteiger charge is -2.14. The van der Waals surface area contributed by atoms with Gasteiger partial charge in [0.2, 0.25) is 5.91 Å². The molecule has 1 atom stereocenters. The molecule has 0 saturated heterocycles. The molecule has 0 aliphatic carbocycles. The second-order valence-corrected chi connectivity index (χ2v) is 7.51. The first kappa shape index (κ1) is 21.0. The molecule has 1 unspecified atom stereocenters. The summed E-state index contributed by atoms with van der Waals surface area (Å²) >= 11 is 7.35. The molecule has 1 heterocycles. The quantitative estimate of drug-likeness (QED) is 0.533. The van der Waals surface area contributed by atoms with E-state index >= 15 is 0 Å². The highest BCUT2D eigenvalue weighted by atomic mass is 35.5. The molecule has 0 aliphatic heterocycles. The second-order valence-electron chi connectivity index (χ2n) is 6.16. The SMILES string of the molecule is COc1cccc(OC(C)c2nnc(SCC(=O)Nc3ccccc3Cl)n2C)c1. The van der Waals surface area contributed by atoms with Crippen molar-refractivity contribution in [2.24, 2.45) is 7.05 Å². The van der Waals surface area contributed by atoms with Crippen molar-refractivity contribution in [1.29, 1.82) is 0 Å². The standard InChI is InChI=1S/C20H21ClN4O3S/c1-13(28-15-8-6-7-14(11-15)27-3)19-23-24-20(25(19)2)29-12-18(26)22-17-10-5-4-9-16(17)21/h4-11,13H,12H2,1-3H3,(H,22,26). The maximum atomic E-state index is 12.2. The van der Waals surface area contributed by atoms with Crippen LogP contribution in [0.25, 0.3) is 0 Å². The minimum absolute atomic E-state index is 0.173. The summed E-state index contributed by atoms with van der Waals surface area (Å²) < 4.78 is 13.0. The van der Waals surface area contributed by atoms with Gasteiger partial charge in [-0.3, -0.25) is 4.79 Å². The van der Waals surface area contributed by atoms with Crippen molar-refractivity contribution in [1.82, 2.24) is 14.8 Å². The van der Waals surface area contributed by atoms with Gasteiger partial charge in [0.1, 0.15) is 11.5 Å². The number of benzene rings is 2. The van der Waals surface area contributed by atoms with Crippen LogP contribution in [0, 0.1) is 0 Å². The number of thioether (sulfide) groups is 1. The van der Waals surface area contributed by atoms with Crippen LogP contribution in [0.1, 0.15) is 18.9 Å². The number of carbonyl (C=O) groups excluding carboxylic acids is 1. The van der Waals surface area contributed by atoms with E-state index in [1.54, 1.807) is 19.2 Å². The largest absolute Gasteiger partial charge is 0.497 e. The molecular formula is C20H21ClN4O3S. The number of hydrogen-bond acceptors (Lipinski definition) is 6. The molecule has 0 bridgehead atoms. The van der Waals surface area contributed by atoms with Crippen LogP contribution >= 0.6 is 23.4 Å². The van der Waals surface area contributed by atoms with Crippen molar-refractivity contribution in [2.75, 3.05) is 18.2 Å². The van der Waals surface area contributed by atoms with Crippen molar-refractivity contribution < 1.29 is 14.3 Å². The predicted molar refractivity (Wildman–Crippen MR) is 114 cm³/mol. The summed E-state index contributed by atoms with van der Waals surface area (Å²) in [6.07, 6.45) is -0.328. The topological polar surface area (TPSA) is 78.3 Å². The number of nitrogens with one attached hydrogen (secondary N) is 1. The van der Waals surface area contributed by atoms with Crippen molar-refractivity contribution >= 4 is 35.0 Å². The summed E-state index contributed by atoms with van der Waals surface area (Å²) in [5, 5.41) is 12.3. The van der Waals surface area contributed by atoms with Crippen LogP contribution in [0.15, 0.2) is 53.7 Å². The smallest absolute Gasteiger partial charge is 0.234 e. The number of amides is 1. The van der Waals surface area contributed by atoms with Gasteiger partial charge in [-0.05, 0) is 31.2 Å². The fourth-order valence-corrected chi connectivity index (χ4v) is 3.52. The summed E-state index contributed by atoms with van der Waals surface area (Å²) in [6, 6.07) is 14.5. The Morgan fingerprint density at radius 3 is 2.72 bits per heavy atom. The van der Waals surface area contributed by atoms with Gasteiger partial charge in [0.15, 0.2) is 17.1 Å². The van der Waals surface area contributed by atoms with E-state index in [1.807, 2.05) is 54.9 Å². The number of nitrogens with zero attached hydrogens (tertiary/aromatic N) is 3. The van der Waals surface area contributed by atoms with Crippen LogP contribution in [0.2, 0.25) is 5.02 Å². The minimum atomic E-state index is -0.328. The summed E-state index contributed by atoms with van der Waals surface area (Å²) in [5.41, 5.74) is 0.582. The average Bonchev–Trinajstić information content (AvgIpc) is 3.09. The molecule has 0 spiro atoms. The van der Waals surface area contributed by atoms with Crippen molar-refractivity contribution in [3.63, 3.8) is 0 Å². The monoisotopic (exact) mass is 432 g/mol. The summed E-state index contributed by atoms with van der Waals surface area (Å²) in [4.78, 5) is 12.2. The number of carbonyl (C=O) groups is 1. The molecular weight excluding hydrogens is 412 g/mol. The first-order valence-electron chi connectivity index (χ1n) is 8.85. The Kier molecular flexibility index (Phi) is 7.00. The van der Waals surface area contributed by atoms with Crippen LogP contribution in [0.3, 0.4) is 0 Å². The van der Waals surface area contributed by atoms with E-state index in [-0.39, 0.29) is 17.8 Å². The molecule has 3 aromatic rings. The molecule has 1 amide bonds. The highest BCUT2D eigenvalue weighted by Gasteiger charge is 2.18. The molecule has 152 valence electrons. The molecule has 1 aromatic heterocycles. The summed E-state index contributed by atoms with van der Waals surface area (Å²) in [6.45, 7) is 1.89. The highest BCUT2D eigenvalue weighted by molar-refractivity contribution is 7.99. The number of methoxy groups -OCH3 is 1.